The molecular formula is C81H87N19O9. The molecule has 9 aromatic rings. The van der Waals surface area contributed by atoms with E-state index in [-0.39, 0.29) is 56.1 Å². The SMILES string of the molecule is COC(=O)/C=C/c1ncc(CN(C(=O)OC(C)(C)C)c2ccc(C#N)cc2)c(C)c1OCc1cccc(C#N)c1.Cc1c(CNc2ccc(C(=N)N)cc2)cnc(/C=C/C(N)=O)c1OCc1cccc(C(=N)N)c1.Cc1c(CNc2ccc(C(=N)N)cc2)cnc(C(N)CC(N)=O)c1OCc1cccc(C(=N)N)c1. The number of ether oxygens (including phenoxy) is 5. The Kier molecular flexibility index (Phi) is 29.4. The predicted molar refractivity (Wildman–Crippen MR) is 419 cm³/mol. The Hall–Kier alpha value is -14.3. The van der Waals surface area contributed by atoms with E-state index >= 15 is 0 Å². The topological polar surface area (TPSA) is 506 Å². The minimum atomic E-state index is -0.732. The molecule has 1 unspecified atom stereocenters. The first-order chi connectivity index (χ1) is 51.9. The Balaban J connectivity index is 0.000000228. The highest BCUT2D eigenvalue weighted by atomic mass is 16.6. The van der Waals surface area contributed by atoms with Gasteiger partial charge in [0.05, 0.1) is 48.7 Å². The van der Waals surface area contributed by atoms with E-state index in [0.717, 1.165) is 50.3 Å². The third-order valence-electron chi connectivity index (χ3n) is 16.3. The van der Waals surface area contributed by atoms with Crippen molar-refractivity contribution < 1.29 is 42.9 Å². The Bertz CT molecular complexity index is 4970. The molecule has 0 fully saturated rings. The first kappa shape index (κ1) is 82.0. The molecule has 0 radical (unpaired) electrons. The number of pyridine rings is 3. The second-order valence-corrected chi connectivity index (χ2v) is 25.6. The van der Waals surface area contributed by atoms with Crippen molar-refractivity contribution >= 4 is 76.4 Å². The molecule has 0 aliphatic heterocycles. The quantitative estimate of drug-likeness (QED) is 0.00896. The first-order valence-electron chi connectivity index (χ1n) is 33.8. The second-order valence-electron chi connectivity index (χ2n) is 25.6. The summed E-state index contributed by atoms with van der Waals surface area (Å²) in [6, 6.07) is 46.0. The van der Waals surface area contributed by atoms with Gasteiger partial charge in [-0.25, -0.2) is 9.59 Å². The number of carbonyl (C=O) groups is 4. The highest BCUT2D eigenvalue weighted by molar-refractivity contribution is 5.97. The van der Waals surface area contributed by atoms with Gasteiger partial charge in [0.2, 0.25) is 11.8 Å². The fourth-order valence-corrected chi connectivity index (χ4v) is 10.4. The van der Waals surface area contributed by atoms with E-state index in [1.54, 1.807) is 136 Å². The van der Waals surface area contributed by atoms with Crippen molar-refractivity contribution in [1.82, 2.24) is 15.0 Å². The van der Waals surface area contributed by atoms with E-state index < -0.39 is 35.5 Å². The van der Waals surface area contributed by atoms with E-state index in [4.69, 9.17) is 85.5 Å². The van der Waals surface area contributed by atoms with E-state index in [0.29, 0.717) is 97.6 Å². The molecule has 0 aliphatic rings. The van der Waals surface area contributed by atoms with Crippen molar-refractivity contribution in [2.75, 3.05) is 22.6 Å². The van der Waals surface area contributed by atoms with Crippen molar-refractivity contribution in [3.05, 3.63) is 277 Å². The van der Waals surface area contributed by atoms with Crippen LogP contribution in [-0.4, -0.2) is 74.9 Å². The summed E-state index contributed by atoms with van der Waals surface area (Å²) in [4.78, 5) is 62.6. The summed E-state index contributed by atoms with van der Waals surface area (Å²) in [5.74, 6) is -0.271. The fraction of sp³-hybridized carbons (Fsp3) is 0.198. The normalized spacial score (nSPS) is 11.0. The smallest absolute Gasteiger partial charge is 0.415 e. The number of primary amides is 2. The molecule has 0 aliphatic carbocycles. The Labute approximate surface area is 631 Å². The zero-order valence-corrected chi connectivity index (χ0v) is 61.3. The van der Waals surface area contributed by atoms with Crippen LogP contribution in [-0.2, 0) is 63.3 Å². The lowest BCUT2D eigenvalue weighted by Gasteiger charge is -2.28. The highest BCUT2D eigenvalue weighted by Crippen LogP contribution is 2.34. The van der Waals surface area contributed by atoms with Crippen molar-refractivity contribution in [3.8, 4) is 29.4 Å². The lowest BCUT2D eigenvalue weighted by molar-refractivity contribution is -0.134. The number of nitrogens with two attached hydrogens (primary N) is 7. The standard InChI is InChI=1S/C31H30N4O5.C25H30N8O2.C25H27N7O2/c1-21-25(19-35(30(37)40-31(2,3)4)26-11-9-22(16-32)10-12-26)18-34-27(13-14-28(36)38-5)29(21)39-20-24-8-6-7-23(15-24)17-33;1-14-18(11-32-19-7-5-16(6-8-19)24(28)29)12-33-22(20(26)10-21(27)34)23(14)35-13-15-3-2-4-17(9-15)25(30)31;1-15-19(12-31-20-7-5-17(6-8-20)24(27)28)13-32-21(9-10-22(26)33)23(15)34-14-16-3-2-4-18(11-16)25(29)30/h6-15,18H,19-20H2,1-5H3;2-9,12,20,32H,10-11,13,26H2,1H3,(H2,27,34)(H3,28,29)(H3,30,31);2-11,13,31H,12,14H2,1H3,(H2,26,33)(H3,27,28)(H3,29,30)/b14-13+;;10-9+. The van der Waals surface area contributed by atoms with Gasteiger partial charge in [-0.1, -0.05) is 48.5 Å². The lowest BCUT2D eigenvalue weighted by Crippen LogP contribution is -2.36. The number of hydrogen-bond donors (Lipinski definition) is 13. The van der Waals surface area contributed by atoms with Gasteiger partial charge in [0.25, 0.3) is 0 Å². The number of nitrogen functional groups attached to an aromatic ring is 4. The molecule has 3 heterocycles. The third-order valence-corrected chi connectivity index (χ3v) is 16.3. The largest absolute Gasteiger partial charge is 0.487 e. The molecule has 28 heteroatoms. The number of benzene rings is 6. The van der Waals surface area contributed by atoms with Crippen LogP contribution >= 0.6 is 0 Å². The zero-order valence-electron chi connectivity index (χ0n) is 61.3. The average molecular weight is 1470 g/mol. The highest BCUT2D eigenvalue weighted by Gasteiger charge is 2.27. The molecule has 0 spiro atoms. The Morgan fingerprint density at radius 3 is 1.42 bits per heavy atom. The van der Waals surface area contributed by atoms with Gasteiger partial charge in [-0.2, -0.15) is 10.5 Å². The third kappa shape index (κ3) is 24.7. The van der Waals surface area contributed by atoms with Crippen LogP contribution in [0.4, 0.5) is 21.9 Å². The van der Waals surface area contributed by atoms with Crippen LogP contribution in [0.25, 0.3) is 12.2 Å². The van der Waals surface area contributed by atoms with Gasteiger partial charge in [0, 0.05) is 89.6 Å². The van der Waals surface area contributed by atoms with Crippen LogP contribution in [0.1, 0.15) is 134 Å². The first-order valence-corrected chi connectivity index (χ1v) is 33.8. The van der Waals surface area contributed by atoms with Crippen LogP contribution in [0, 0.1) is 65.1 Å². The number of nitrogens with zero attached hydrogens (tertiary/aromatic N) is 6. The van der Waals surface area contributed by atoms with Gasteiger partial charge in [0.15, 0.2) is 0 Å². The van der Waals surface area contributed by atoms with Gasteiger partial charge in [0.1, 0.15) is 77.4 Å². The number of methoxy groups -OCH3 is 1. The number of nitrogens with one attached hydrogen (secondary N) is 6. The van der Waals surface area contributed by atoms with E-state index in [9.17, 15) is 29.7 Å². The summed E-state index contributed by atoms with van der Waals surface area (Å²) < 4.78 is 28.8. The molecule has 9 rings (SSSR count). The van der Waals surface area contributed by atoms with Gasteiger partial charge >= 0.3 is 12.1 Å². The van der Waals surface area contributed by atoms with Crippen LogP contribution in [0.5, 0.6) is 17.2 Å². The molecule has 3 amide bonds. The predicted octanol–water partition coefficient (Wildman–Crippen LogP) is 10.5. The molecule has 109 heavy (non-hydrogen) atoms. The summed E-state index contributed by atoms with van der Waals surface area (Å²) in [6.45, 7) is 12.6. The number of esters is 1. The van der Waals surface area contributed by atoms with Crippen molar-refractivity contribution in [2.24, 2.45) is 40.1 Å². The second kappa shape index (κ2) is 39.0. The number of amidine groups is 4. The maximum atomic E-state index is 13.3. The van der Waals surface area contributed by atoms with Crippen molar-refractivity contribution in [1.29, 1.82) is 32.2 Å². The molecule has 0 saturated carbocycles. The van der Waals surface area contributed by atoms with Crippen LogP contribution in [0.15, 0.2) is 176 Å². The number of anilines is 3. The molecule has 6 aromatic carbocycles. The summed E-state index contributed by atoms with van der Waals surface area (Å²) in [7, 11) is 1.28. The van der Waals surface area contributed by atoms with Gasteiger partial charge < -0.3 is 74.5 Å². The maximum Gasteiger partial charge on any atom is 0.415 e. The maximum absolute atomic E-state index is 13.3. The molecule has 1 atom stereocenters. The number of hydrogen-bond acceptors (Lipinski definition) is 21. The zero-order chi connectivity index (χ0) is 79.5. The Morgan fingerprint density at radius 2 is 0.972 bits per heavy atom. The number of carbonyl (C=O) groups excluding carboxylic acids is 4. The van der Waals surface area contributed by atoms with Crippen LogP contribution in [0.3, 0.4) is 0 Å². The average Bonchev–Trinajstić information content (AvgIpc) is 0.815. The monoisotopic (exact) mass is 1470 g/mol. The minimum Gasteiger partial charge on any atom is -0.487 e. The molecule has 560 valence electrons. The Morgan fingerprint density at radius 1 is 0.541 bits per heavy atom. The fourth-order valence-electron chi connectivity index (χ4n) is 10.4. The summed E-state index contributed by atoms with van der Waals surface area (Å²) in [6.07, 6.45) is 9.89. The summed E-state index contributed by atoms with van der Waals surface area (Å²) >= 11 is 0. The van der Waals surface area contributed by atoms with E-state index in [1.807, 2.05) is 69.3 Å². The molecule has 20 N–H and O–H groups in total. The minimum absolute atomic E-state index is 0.00936. The molecule has 28 nitrogen and oxygen atoms in total. The van der Waals surface area contributed by atoms with Gasteiger partial charge in [-0.05, 0) is 201 Å². The summed E-state index contributed by atoms with van der Waals surface area (Å²) in [5.41, 5.74) is 52.6. The molecular weight excluding hydrogens is 1380 g/mol. The number of amides is 3. The summed E-state index contributed by atoms with van der Waals surface area (Å²) in [5, 5.41) is 55.3. The van der Waals surface area contributed by atoms with Crippen molar-refractivity contribution in [2.45, 2.75) is 99.1 Å². The van der Waals surface area contributed by atoms with Gasteiger partial charge in [-0.15, -0.1) is 0 Å². The van der Waals surface area contributed by atoms with E-state index in [1.165, 1.54) is 36.3 Å². The molecule has 0 bridgehead atoms. The van der Waals surface area contributed by atoms with E-state index in [2.05, 4.69) is 37.7 Å². The number of aromatic nitrogens is 3. The molecule has 3 aromatic heterocycles. The number of rotatable bonds is 29. The van der Waals surface area contributed by atoms with Crippen LogP contribution < -0.4 is 69.9 Å². The van der Waals surface area contributed by atoms with Crippen molar-refractivity contribution in [3.63, 3.8) is 0 Å². The number of nitriles is 2. The lowest BCUT2D eigenvalue weighted by atomic mass is 10.0. The van der Waals surface area contributed by atoms with Gasteiger partial charge in [-0.3, -0.25) is 51.1 Å². The molecule has 0 saturated heterocycles. The van der Waals surface area contributed by atoms with Crippen LogP contribution in [0.2, 0.25) is 0 Å².